The second kappa shape index (κ2) is 10.1. The van der Waals surface area contributed by atoms with Crippen molar-refractivity contribution in [1.29, 1.82) is 0 Å². The summed E-state index contributed by atoms with van der Waals surface area (Å²) >= 11 is 7.18. The minimum Gasteiger partial charge on any atom is -0.352 e. The van der Waals surface area contributed by atoms with E-state index in [2.05, 4.69) is 27.8 Å². The molecule has 0 bridgehead atoms. The molecule has 1 aromatic carbocycles. The average molecular weight is 436 g/mol. The summed E-state index contributed by atoms with van der Waals surface area (Å²) in [4.78, 5) is 24.5. The van der Waals surface area contributed by atoms with Crippen LogP contribution in [0.3, 0.4) is 0 Å². The highest BCUT2D eigenvalue weighted by molar-refractivity contribution is 7.99. The quantitative estimate of drug-likeness (QED) is 0.650. The number of halogens is 1. The van der Waals surface area contributed by atoms with Crippen LogP contribution in [0.1, 0.15) is 38.4 Å². The van der Waals surface area contributed by atoms with Gasteiger partial charge in [0.1, 0.15) is 5.82 Å². The van der Waals surface area contributed by atoms with E-state index in [4.69, 9.17) is 11.6 Å². The van der Waals surface area contributed by atoms with Gasteiger partial charge in [-0.3, -0.25) is 9.59 Å². The smallest absolute Gasteiger partial charge is 0.232 e. The van der Waals surface area contributed by atoms with Crippen molar-refractivity contribution in [3.8, 4) is 0 Å². The van der Waals surface area contributed by atoms with Gasteiger partial charge in [-0.2, -0.15) is 0 Å². The maximum Gasteiger partial charge on any atom is 0.232 e. The Labute approximate surface area is 180 Å². The number of anilines is 1. The summed E-state index contributed by atoms with van der Waals surface area (Å²) in [5.41, 5.74) is 0.671. The standard InChI is InChI=1S/C20H26ClN5O2S/c1-13-5-3-4-6-16(13)23-19(28)12-29-20-25-24-17(26(20)2)11-18(27)22-15-9-7-14(21)8-10-15/h7-10,13,16H,3-6,11-12H2,1-2H3,(H,22,27)(H,23,28). The van der Waals surface area contributed by atoms with Gasteiger partial charge in [-0.15, -0.1) is 10.2 Å². The predicted octanol–water partition coefficient (Wildman–Crippen LogP) is 3.44. The highest BCUT2D eigenvalue weighted by atomic mass is 35.5. The number of aromatic nitrogens is 3. The van der Waals surface area contributed by atoms with Crippen molar-refractivity contribution >= 4 is 40.9 Å². The van der Waals surface area contributed by atoms with Crippen LogP contribution in [0.4, 0.5) is 5.69 Å². The van der Waals surface area contributed by atoms with Gasteiger partial charge in [0.25, 0.3) is 0 Å². The first-order chi connectivity index (χ1) is 13.9. The van der Waals surface area contributed by atoms with Gasteiger partial charge in [-0.1, -0.05) is 43.1 Å². The molecular weight excluding hydrogens is 410 g/mol. The van der Waals surface area contributed by atoms with E-state index < -0.39 is 0 Å². The number of nitrogens with zero attached hydrogens (tertiary/aromatic N) is 3. The van der Waals surface area contributed by atoms with E-state index in [1.165, 1.54) is 31.0 Å². The summed E-state index contributed by atoms with van der Waals surface area (Å²) in [6.45, 7) is 2.20. The molecule has 0 radical (unpaired) electrons. The van der Waals surface area contributed by atoms with Crippen molar-refractivity contribution in [2.75, 3.05) is 11.1 Å². The summed E-state index contributed by atoms with van der Waals surface area (Å²) < 4.78 is 1.75. The van der Waals surface area contributed by atoms with Crippen LogP contribution in [0.5, 0.6) is 0 Å². The van der Waals surface area contributed by atoms with Crippen LogP contribution in [0.2, 0.25) is 5.02 Å². The van der Waals surface area contributed by atoms with Gasteiger partial charge in [0.15, 0.2) is 5.16 Å². The number of amides is 2. The van der Waals surface area contributed by atoms with Crippen LogP contribution in [-0.4, -0.2) is 38.4 Å². The molecule has 1 fully saturated rings. The highest BCUT2D eigenvalue weighted by Gasteiger charge is 2.23. The number of nitrogens with one attached hydrogen (secondary N) is 2. The molecule has 156 valence electrons. The first-order valence-electron chi connectivity index (χ1n) is 9.78. The largest absolute Gasteiger partial charge is 0.352 e. The fraction of sp³-hybridized carbons (Fsp3) is 0.500. The van der Waals surface area contributed by atoms with Crippen molar-refractivity contribution in [3.05, 3.63) is 35.1 Å². The number of rotatable bonds is 7. The van der Waals surface area contributed by atoms with E-state index >= 15 is 0 Å². The summed E-state index contributed by atoms with van der Waals surface area (Å²) in [6, 6.07) is 7.18. The van der Waals surface area contributed by atoms with E-state index in [-0.39, 0.29) is 30.0 Å². The van der Waals surface area contributed by atoms with Crippen LogP contribution < -0.4 is 10.6 Å². The fourth-order valence-corrected chi connectivity index (χ4v) is 4.28. The molecule has 2 aromatic rings. The van der Waals surface area contributed by atoms with Crippen LogP contribution in [0.25, 0.3) is 0 Å². The molecule has 29 heavy (non-hydrogen) atoms. The third-order valence-corrected chi connectivity index (χ3v) is 6.43. The van der Waals surface area contributed by atoms with Gasteiger partial charge in [0.2, 0.25) is 11.8 Å². The second-order valence-corrected chi connectivity index (χ2v) is 8.79. The minimum atomic E-state index is -0.191. The van der Waals surface area contributed by atoms with Gasteiger partial charge in [0, 0.05) is 23.8 Å². The molecular formula is C20H26ClN5O2S. The van der Waals surface area contributed by atoms with E-state index in [0.717, 1.165) is 6.42 Å². The summed E-state index contributed by atoms with van der Waals surface area (Å²) in [6.07, 6.45) is 4.73. The summed E-state index contributed by atoms with van der Waals surface area (Å²) in [5, 5.41) is 15.4. The van der Waals surface area contributed by atoms with Gasteiger partial charge in [0.05, 0.1) is 12.2 Å². The number of benzene rings is 1. The molecule has 0 aliphatic heterocycles. The monoisotopic (exact) mass is 435 g/mol. The predicted molar refractivity (Wildman–Crippen MR) is 115 cm³/mol. The molecule has 2 atom stereocenters. The molecule has 0 spiro atoms. The second-order valence-electron chi connectivity index (χ2n) is 7.41. The Bertz CT molecular complexity index is 855. The van der Waals surface area contributed by atoms with Gasteiger partial charge in [-0.25, -0.2) is 0 Å². The molecule has 7 nitrogen and oxygen atoms in total. The van der Waals surface area contributed by atoms with E-state index in [1.807, 2.05) is 0 Å². The van der Waals surface area contributed by atoms with Crippen molar-refractivity contribution < 1.29 is 9.59 Å². The average Bonchev–Trinajstić information content (AvgIpc) is 3.03. The Morgan fingerprint density at radius 3 is 2.62 bits per heavy atom. The SMILES string of the molecule is CC1CCCCC1NC(=O)CSc1nnc(CC(=O)Nc2ccc(Cl)cc2)n1C. The first kappa shape index (κ1) is 21.6. The Balaban J connectivity index is 1.49. The lowest BCUT2D eigenvalue weighted by molar-refractivity contribution is -0.120. The van der Waals surface area contributed by atoms with Gasteiger partial charge >= 0.3 is 0 Å². The molecule has 2 unspecified atom stereocenters. The molecule has 1 aliphatic carbocycles. The van der Waals surface area contributed by atoms with Crippen LogP contribution in [0, 0.1) is 5.92 Å². The molecule has 1 saturated carbocycles. The lowest BCUT2D eigenvalue weighted by Gasteiger charge is -2.29. The van der Waals surface area contributed by atoms with Gasteiger partial charge < -0.3 is 15.2 Å². The number of thioether (sulfide) groups is 1. The van der Waals surface area contributed by atoms with Crippen LogP contribution in [-0.2, 0) is 23.1 Å². The van der Waals surface area contributed by atoms with Crippen molar-refractivity contribution in [1.82, 2.24) is 20.1 Å². The topological polar surface area (TPSA) is 88.9 Å². The number of carbonyl (C=O) groups excluding carboxylic acids is 2. The lowest BCUT2D eigenvalue weighted by atomic mass is 9.86. The summed E-state index contributed by atoms with van der Waals surface area (Å²) in [5.74, 6) is 1.17. The number of hydrogen-bond donors (Lipinski definition) is 2. The molecule has 1 aromatic heterocycles. The maximum absolute atomic E-state index is 12.3. The Hall–Kier alpha value is -2.06. The maximum atomic E-state index is 12.3. The lowest BCUT2D eigenvalue weighted by Crippen LogP contribution is -2.41. The van der Waals surface area contributed by atoms with E-state index in [9.17, 15) is 9.59 Å². The molecule has 1 aliphatic rings. The van der Waals surface area contributed by atoms with E-state index in [1.54, 1.807) is 35.9 Å². The van der Waals surface area contributed by atoms with Gasteiger partial charge in [-0.05, 0) is 43.0 Å². The minimum absolute atomic E-state index is 0.0128. The molecule has 2 amide bonds. The highest BCUT2D eigenvalue weighted by Crippen LogP contribution is 2.24. The zero-order chi connectivity index (χ0) is 20.8. The van der Waals surface area contributed by atoms with Crippen molar-refractivity contribution in [2.45, 2.75) is 50.2 Å². The fourth-order valence-electron chi connectivity index (χ4n) is 3.42. The molecule has 1 heterocycles. The molecule has 2 N–H and O–H groups in total. The zero-order valence-electron chi connectivity index (χ0n) is 16.7. The Morgan fingerprint density at radius 2 is 1.90 bits per heavy atom. The third-order valence-electron chi connectivity index (χ3n) is 5.16. The van der Waals surface area contributed by atoms with Crippen molar-refractivity contribution in [3.63, 3.8) is 0 Å². The molecule has 0 saturated heterocycles. The zero-order valence-corrected chi connectivity index (χ0v) is 18.2. The summed E-state index contributed by atoms with van der Waals surface area (Å²) in [7, 11) is 1.80. The Kier molecular flexibility index (Phi) is 7.55. The molecule has 3 rings (SSSR count). The number of carbonyl (C=O) groups is 2. The Morgan fingerprint density at radius 1 is 1.17 bits per heavy atom. The van der Waals surface area contributed by atoms with E-state index in [0.29, 0.717) is 27.6 Å². The van der Waals surface area contributed by atoms with Crippen molar-refractivity contribution in [2.24, 2.45) is 13.0 Å². The molecule has 9 heteroatoms. The number of hydrogen-bond acceptors (Lipinski definition) is 5. The third kappa shape index (κ3) is 6.21. The first-order valence-corrected chi connectivity index (χ1v) is 11.1. The van der Waals surface area contributed by atoms with Crippen LogP contribution >= 0.6 is 23.4 Å². The normalized spacial score (nSPS) is 19.0. The van der Waals surface area contributed by atoms with Crippen LogP contribution in [0.15, 0.2) is 29.4 Å².